The van der Waals surface area contributed by atoms with Crippen molar-refractivity contribution in [1.29, 1.82) is 0 Å². The molecule has 1 heterocycles. The van der Waals surface area contributed by atoms with Crippen LogP contribution < -0.4 is 5.73 Å². The Hall–Kier alpha value is -1.42. The summed E-state index contributed by atoms with van der Waals surface area (Å²) in [6, 6.07) is 6.58. The number of nitrogens with zero attached hydrogens (tertiary/aromatic N) is 1. The number of rotatable bonds is 2. The van der Waals surface area contributed by atoms with Crippen molar-refractivity contribution in [3.05, 3.63) is 35.6 Å². The van der Waals surface area contributed by atoms with Crippen LogP contribution in [0.2, 0.25) is 0 Å². The fourth-order valence-electron chi connectivity index (χ4n) is 3.87. The van der Waals surface area contributed by atoms with Crippen molar-refractivity contribution in [2.75, 3.05) is 13.1 Å². The number of piperidine rings is 1. The van der Waals surface area contributed by atoms with E-state index in [4.69, 9.17) is 5.73 Å². The molecule has 4 heteroatoms. The number of likely N-dealkylation sites (tertiary alicyclic amines) is 1. The molecule has 1 aromatic carbocycles. The molecule has 1 saturated heterocycles. The predicted molar refractivity (Wildman–Crippen MR) is 80.3 cm³/mol. The third-order valence-corrected chi connectivity index (χ3v) is 5.01. The van der Waals surface area contributed by atoms with Gasteiger partial charge in [-0.25, -0.2) is 4.39 Å². The van der Waals surface area contributed by atoms with Crippen LogP contribution in [0.15, 0.2) is 24.3 Å². The third-order valence-electron chi connectivity index (χ3n) is 5.01. The van der Waals surface area contributed by atoms with E-state index < -0.39 is 5.41 Å². The molecule has 1 aliphatic heterocycles. The van der Waals surface area contributed by atoms with E-state index in [0.29, 0.717) is 6.54 Å². The zero-order chi connectivity index (χ0) is 14.9. The van der Waals surface area contributed by atoms with E-state index in [1.165, 1.54) is 12.1 Å². The number of benzene rings is 1. The molecule has 2 aliphatic rings. The minimum absolute atomic E-state index is 0.0920. The third kappa shape index (κ3) is 2.69. The highest BCUT2D eigenvalue weighted by Crippen LogP contribution is 2.43. The zero-order valence-corrected chi connectivity index (χ0v) is 12.4. The summed E-state index contributed by atoms with van der Waals surface area (Å²) in [6.45, 7) is 1.46. The van der Waals surface area contributed by atoms with Crippen molar-refractivity contribution >= 4 is 5.91 Å². The molecule has 1 saturated carbocycles. The van der Waals surface area contributed by atoms with Gasteiger partial charge in [0.2, 0.25) is 5.91 Å². The first-order valence-electron chi connectivity index (χ1n) is 7.93. The molecule has 1 amide bonds. The van der Waals surface area contributed by atoms with Gasteiger partial charge in [0.15, 0.2) is 0 Å². The number of hydrogen-bond donors (Lipinski definition) is 1. The van der Waals surface area contributed by atoms with E-state index in [-0.39, 0.29) is 17.8 Å². The Balaban J connectivity index is 1.89. The zero-order valence-electron chi connectivity index (χ0n) is 12.4. The second-order valence-corrected chi connectivity index (χ2v) is 6.45. The van der Waals surface area contributed by atoms with Crippen molar-refractivity contribution in [1.82, 2.24) is 4.90 Å². The van der Waals surface area contributed by atoms with Gasteiger partial charge in [-0.3, -0.25) is 4.79 Å². The van der Waals surface area contributed by atoms with Crippen LogP contribution in [-0.4, -0.2) is 29.9 Å². The predicted octanol–water partition coefficient (Wildman–Crippen LogP) is 2.59. The lowest BCUT2D eigenvalue weighted by atomic mass is 9.77. The fourth-order valence-corrected chi connectivity index (χ4v) is 3.87. The van der Waals surface area contributed by atoms with E-state index in [1.807, 2.05) is 4.90 Å². The van der Waals surface area contributed by atoms with Crippen LogP contribution in [0.4, 0.5) is 4.39 Å². The van der Waals surface area contributed by atoms with Gasteiger partial charge in [-0.1, -0.05) is 25.0 Å². The highest BCUT2D eigenvalue weighted by molar-refractivity contribution is 5.88. The summed E-state index contributed by atoms with van der Waals surface area (Å²) < 4.78 is 13.2. The Bertz CT molecular complexity index is 508. The standard InChI is InChI=1S/C17H23FN2O/c18-14-7-5-13(6-8-14)17(9-1-2-10-17)16(21)20-11-3-4-15(19)12-20/h5-8,15H,1-4,9-12,19H2. The average molecular weight is 290 g/mol. The highest BCUT2D eigenvalue weighted by atomic mass is 19.1. The van der Waals surface area contributed by atoms with Crippen LogP contribution in [0.1, 0.15) is 44.1 Å². The van der Waals surface area contributed by atoms with Gasteiger partial charge in [-0.2, -0.15) is 0 Å². The number of carbonyl (C=O) groups is 1. The first-order chi connectivity index (χ1) is 10.1. The minimum Gasteiger partial charge on any atom is -0.340 e. The lowest BCUT2D eigenvalue weighted by Crippen LogP contribution is -2.52. The molecular formula is C17H23FN2O. The van der Waals surface area contributed by atoms with Gasteiger partial charge >= 0.3 is 0 Å². The summed E-state index contributed by atoms with van der Waals surface area (Å²) in [4.78, 5) is 15.1. The van der Waals surface area contributed by atoms with Crippen molar-refractivity contribution in [3.8, 4) is 0 Å². The van der Waals surface area contributed by atoms with Gasteiger partial charge < -0.3 is 10.6 Å². The maximum absolute atomic E-state index is 13.2. The molecule has 1 unspecified atom stereocenters. The first kappa shape index (κ1) is 14.5. The molecule has 0 aromatic heterocycles. The Kier molecular flexibility index (Phi) is 3.98. The molecule has 114 valence electrons. The minimum atomic E-state index is -0.454. The van der Waals surface area contributed by atoms with Crippen LogP contribution in [0.5, 0.6) is 0 Å². The van der Waals surface area contributed by atoms with Gasteiger partial charge in [0, 0.05) is 19.1 Å². The molecule has 21 heavy (non-hydrogen) atoms. The number of halogens is 1. The number of nitrogens with two attached hydrogens (primary N) is 1. The molecule has 0 bridgehead atoms. The molecule has 0 radical (unpaired) electrons. The van der Waals surface area contributed by atoms with Crippen LogP contribution >= 0.6 is 0 Å². The summed E-state index contributed by atoms with van der Waals surface area (Å²) in [7, 11) is 0. The first-order valence-corrected chi connectivity index (χ1v) is 7.93. The van der Waals surface area contributed by atoms with Crippen molar-refractivity contribution in [3.63, 3.8) is 0 Å². The lowest BCUT2D eigenvalue weighted by molar-refractivity contribution is -0.138. The van der Waals surface area contributed by atoms with E-state index >= 15 is 0 Å². The topological polar surface area (TPSA) is 46.3 Å². The Morgan fingerprint density at radius 1 is 1.19 bits per heavy atom. The molecule has 3 nitrogen and oxygen atoms in total. The average Bonchev–Trinajstić information content (AvgIpc) is 2.98. The second kappa shape index (κ2) is 5.76. The quantitative estimate of drug-likeness (QED) is 0.910. The normalized spacial score (nSPS) is 25.0. The van der Waals surface area contributed by atoms with Crippen LogP contribution in [-0.2, 0) is 10.2 Å². The van der Waals surface area contributed by atoms with E-state index in [9.17, 15) is 9.18 Å². The second-order valence-electron chi connectivity index (χ2n) is 6.45. The summed E-state index contributed by atoms with van der Waals surface area (Å²) >= 11 is 0. The van der Waals surface area contributed by atoms with Crippen LogP contribution in [0, 0.1) is 5.82 Å². The summed E-state index contributed by atoms with van der Waals surface area (Å²) in [6.07, 6.45) is 5.82. The van der Waals surface area contributed by atoms with E-state index in [0.717, 1.165) is 50.6 Å². The molecule has 0 spiro atoms. The summed E-state index contributed by atoms with van der Waals surface area (Å²) in [5, 5.41) is 0. The number of carbonyl (C=O) groups excluding carboxylic acids is 1. The van der Waals surface area contributed by atoms with Gasteiger partial charge in [-0.15, -0.1) is 0 Å². The molecule has 1 aromatic rings. The highest BCUT2D eigenvalue weighted by Gasteiger charge is 2.45. The van der Waals surface area contributed by atoms with Crippen LogP contribution in [0.3, 0.4) is 0 Å². The molecule has 1 atom stereocenters. The smallest absolute Gasteiger partial charge is 0.233 e. The Morgan fingerprint density at radius 2 is 1.86 bits per heavy atom. The molecular weight excluding hydrogens is 267 g/mol. The van der Waals surface area contributed by atoms with E-state index in [2.05, 4.69) is 0 Å². The Labute approximate surface area is 125 Å². The molecule has 2 fully saturated rings. The molecule has 2 N–H and O–H groups in total. The van der Waals surface area contributed by atoms with Crippen LogP contribution in [0.25, 0.3) is 0 Å². The van der Waals surface area contributed by atoms with Gasteiger partial charge in [0.05, 0.1) is 5.41 Å². The Morgan fingerprint density at radius 3 is 2.48 bits per heavy atom. The van der Waals surface area contributed by atoms with E-state index in [1.54, 1.807) is 12.1 Å². The number of amides is 1. The van der Waals surface area contributed by atoms with Gasteiger partial charge in [0.1, 0.15) is 5.82 Å². The lowest BCUT2D eigenvalue weighted by Gasteiger charge is -2.38. The SMILES string of the molecule is NC1CCCN(C(=O)C2(c3ccc(F)cc3)CCCC2)C1. The summed E-state index contributed by atoms with van der Waals surface area (Å²) in [5.41, 5.74) is 6.53. The summed E-state index contributed by atoms with van der Waals surface area (Å²) in [5.74, 6) is -0.0545. The van der Waals surface area contributed by atoms with Gasteiger partial charge in [-0.05, 0) is 43.4 Å². The van der Waals surface area contributed by atoms with Crippen molar-refractivity contribution in [2.24, 2.45) is 5.73 Å². The fraction of sp³-hybridized carbons (Fsp3) is 0.588. The van der Waals surface area contributed by atoms with Gasteiger partial charge in [0.25, 0.3) is 0 Å². The monoisotopic (exact) mass is 290 g/mol. The molecule has 3 rings (SSSR count). The largest absolute Gasteiger partial charge is 0.340 e. The van der Waals surface area contributed by atoms with Crippen molar-refractivity contribution < 1.29 is 9.18 Å². The maximum Gasteiger partial charge on any atom is 0.233 e. The number of hydrogen-bond acceptors (Lipinski definition) is 2. The maximum atomic E-state index is 13.2. The van der Waals surface area contributed by atoms with Crippen molar-refractivity contribution in [2.45, 2.75) is 50.0 Å². The molecule has 1 aliphatic carbocycles.